The molecule has 0 aliphatic heterocycles. The molecule has 0 bridgehead atoms. The predicted molar refractivity (Wildman–Crippen MR) is 85.9 cm³/mol. The highest BCUT2D eigenvalue weighted by Crippen LogP contribution is 2.32. The lowest BCUT2D eigenvalue weighted by Gasteiger charge is -2.15. The summed E-state index contributed by atoms with van der Waals surface area (Å²) in [6.07, 6.45) is 0. The maximum atomic E-state index is 3.55. The first-order valence-corrected chi connectivity index (χ1v) is 8.27. The molecule has 1 atom stereocenters. The second-order valence-corrected chi connectivity index (χ2v) is 7.29. The normalized spacial score (nSPS) is 12.5. The van der Waals surface area contributed by atoms with Crippen molar-refractivity contribution in [3.05, 3.63) is 47.9 Å². The summed E-state index contributed by atoms with van der Waals surface area (Å²) in [4.78, 5) is 1.31. The Bertz CT molecular complexity index is 524. The molecular formula is C12H10Br3NS. The molecule has 0 saturated heterocycles. The van der Waals surface area contributed by atoms with Gasteiger partial charge in [-0.3, -0.25) is 0 Å². The van der Waals surface area contributed by atoms with Gasteiger partial charge in [0.1, 0.15) is 0 Å². The fourth-order valence-electron chi connectivity index (χ4n) is 1.47. The molecule has 0 fully saturated rings. The van der Waals surface area contributed by atoms with Crippen molar-refractivity contribution in [3.63, 3.8) is 0 Å². The van der Waals surface area contributed by atoms with Crippen LogP contribution in [0.4, 0.5) is 5.69 Å². The maximum Gasteiger partial charge on any atom is 0.0579 e. The van der Waals surface area contributed by atoms with Crippen molar-refractivity contribution in [2.45, 2.75) is 13.0 Å². The van der Waals surface area contributed by atoms with Gasteiger partial charge in [0, 0.05) is 23.7 Å². The van der Waals surface area contributed by atoms with Gasteiger partial charge in [-0.2, -0.15) is 0 Å². The topological polar surface area (TPSA) is 12.0 Å². The summed E-state index contributed by atoms with van der Waals surface area (Å²) in [5, 5.41) is 5.59. The quantitative estimate of drug-likeness (QED) is 0.599. The van der Waals surface area contributed by atoms with E-state index in [0.29, 0.717) is 0 Å². The van der Waals surface area contributed by atoms with Gasteiger partial charge in [-0.25, -0.2) is 0 Å². The van der Waals surface area contributed by atoms with E-state index in [1.54, 1.807) is 11.3 Å². The first-order valence-electron chi connectivity index (χ1n) is 5.02. The highest BCUT2D eigenvalue weighted by molar-refractivity contribution is 9.11. The number of nitrogens with one attached hydrogen (secondary N) is 1. The van der Waals surface area contributed by atoms with Crippen LogP contribution in [-0.4, -0.2) is 0 Å². The minimum atomic E-state index is 0.289. The Kier molecular flexibility index (Phi) is 4.69. The second kappa shape index (κ2) is 5.87. The second-order valence-electron chi connectivity index (χ2n) is 3.66. The van der Waals surface area contributed by atoms with Gasteiger partial charge >= 0.3 is 0 Å². The van der Waals surface area contributed by atoms with E-state index in [-0.39, 0.29) is 6.04 Å². The molecule has 0 aliphatic rings. The number of benzene rings is 1. The van der Waals surface area contributed by atoms with E-state index in [0.717, 1.165) is 19.1 Å². The lowest BCUT2D eigenvalue weighted by molar-refractivity contribution is 0.906. The smallest absolute Gasteiger partial charge is 0.0579 e. The summed E-state index contributed by atoms with van der Waals surface area (Å²) in [5.41, 5.74) is 1.09. The number of hydrogen-bond acceptors (Lipinski definition) is 2. The van der Waals surface area contributed by atoms with Crippen molar-refractivity contribution in [2.75, 3.05) is 5.32 Å². The van der Waals surface area contributed by atoms with Crippen molar-refractivity contribution < 1.29 is 0 Å². The fraction of sp³-hybridized carbons (Fsp3) is 0.167. The van der Waals surface area contributed by atoms with E-state index in [1.165, 1.54) is 4.88 Å². The van der Waals surface area contributed by atoms with Crippen molar-refractivity contribution in [1.29, 1.82) is 0 Å². The van der Waals surface area contributed by atoms with Crippen LogP contribution in [0.1, 0.15) is 17.8 Å². The molecule has 17 heavy (non-hydrogen) atoms. The number of hydrogen-bond donors (Lipinski definition) is 1. The van der Waals surface area contributed by atoms with Crippen molar-refractivity contribution in [3.8, 4) is 0 Å². The summed E-state index contributed by atoms with van der Waals surface area (Å²) < 4.78 is 3.28. The fourth-order valence-corrected chi connectivity index (χ4v) is 3.64. The van der Waals surface area contributed by atoms with E-state index in [1.807, 2.05) is 12.1 Å². The Hall–Kier alpha value is 0.160. The average Bonchev–Trinajstić information content (AvgIpc) is 2.70. The van der Waals surface area contributed by atoms with Crippen LogP contribution in [0.2, 0.25) is 0 Å². The zero-order valence-electron chi connectivity index (χ0n) is 9.01. The molecule has 0 aliphatic carbocycles. The highest BCUT2D eigenvalue weighted by atomic mass is 79.9. The molecule has 1 N–H and O–H groups in total. The Morgan fingerprint density at radius 2 is 1.88 bits per heavy atom. The Morgan fingerprint density at radius 3 is 2.53 bits per heavy atom. The first-order chi connectivity index (χ1) is 8.06. The van der Waals surface area contributed by atoms with Crippen LogP contribution in [0.5, 0.6) is 0 Å². The van der Waals surface area contributed by atoms with Crippen LogP contribution in [0.15, 0.2) is 43.1 Å². The lowest BCUT2D eigenvalue weighted by Crippen LogP contribution is -2.05. The SMILES string of the molecule is CC(Nc1cc(Br)ccc1Br)c1cc(Br)cs1. The third kappa shape index (κ3) is 3.56. The average molecular weight is 440 g/mol. The van der Waals surface area contributed by atoms with Crippen molar-refractivity contribution in [2.24, 2.45) is 0 Å². The van der Waals surface area contributed by atoms with Gasteiger partial charge in [0.15, 0.2) is 0 Å². The number of thiophene rings is 1. The summed E-state index contributed by atoms with van der Waals surface area (Å²) >= 11 is 12.3. The summed E-state index contributed by atoms with van der Waals surface area (Å²) in [6.45, 7) is 2.16. The monoisotopic (exact) mass is 437 g/mol. The van der Waals surface area contributed by atoms with Crippen LogP contribution in [0.25, 0.3) is 0 Å². The van der Waals surface area contributed by atoms with Crippen LogP contribution in [0.3, 0.4) is 0 Å². The summed E-state index contributed by atoms with van der Waals surface area (Å²) in [6, 6.07) is 8.56. The molecule has 1 nitrogen and oxygen atoms in total. The van der Waals surface area contributed by atoms with Crippen molar-refractivity contribution >= 4 is 64.8 Å². The van der Waals surface area contributed by atoms with E-state index in [4.69, 9.17) is 0 Å². The zero-order valence-corrected chi connectivity index (χ0v) is 14.6. The molecule has 90 valence electrons. The van der Waals surface area contributed by atoms with Crippen LogP contribution >= 0.6 is 59.1 Å². The maximum absolute atomic E-state index is 3.55. The molecule has 1 aromatic heterocycles. The predicted octanol–water partition coefficient (Wildman–Crippen LogP) is 6.21. The molecule has 1 unspecified atom stereocenters. The largest absolute Gasteiger partial charge is 0.377 e. The molecular weight excluding hydrogens is 430 g/mol. The molecule has 2 rings (SSSR count). The molecule has 5 heteroatoms. The molecule has 0 saturated carbocycles. The van der Waals surface area contributed by atoms with E-state index in [2.05, 4.69) is 77.5 Å². The molecule has 2 aromatic rings. The van der Waals surface area contributed by atoms with Gasteiger partial charge in [0.2, 0.25) is 0 Å². The van der Waals surface area contributed by atoms with Gasteiger partial charge in [0.05, 0.1) is 11.7 Å². The third-order valence-electron chi connectivity index (χ3n) is 2.31. The van der Waals surface area contributed by atoms with Crippen LogP contribution in [-0.2, 0) is 0 Å². The Balaban J connectivity index is 2.18. The zero-order chi connectivity index (χ0) is 12.4. The van der Waals surface area contributed by atoms with Gasteiger partial charge < -0.3 is 5.32 Å². The van der Waals surface area contributed by atoms with Crippen LogP contribution in [0, 0.1) is 0 Å². The van der Waals surface area contributed by atoms with Gasteiger partial charge in [-0.1, -0.05) is 15.9 Å². The number of rotatable bonds is 3. The first kappa shape index (κ1) is 13.6. The summed E-state index contributed by atoms with van der Waals surface area (Å²) in [5.74, 6) is 0. The van der Waals surface area contributed by atoms with Gasteiger partial charge in [-0.15, -0.1) is 11.3 Å². The van der Waals surface area contributed by atoms with Crippen molar-refractivity contribution in [1.82, 2.24) is 0 Å². The Morgan fingerprint density at radius 1 is 1.12 bits per heavy atom. The van der Waals surface area contributed by atoms with E-state index in [9.17, 15) is 0 Å². The van der Waals surface area contributed by atoms with E-state index < -0.39 is 0 Å². The number of anilines is 1. The number of halogens is 3. The lowest BCUT2D eigenvalue weighted by atomic mass is 10.2. The molecule has 1 heterocycles. The Labute approximate surface area is 130 Å². The van der Waals surface area contributed by atoms with E-state index >= 15 is 0 Å². The standard InChI is InChI=1S/C12H10Br3NS/c1-7(12-5-9(14)6-17-12)16-11-4-8(13)2-3-10(11)15/h2-7,16H,1H3. The molecule has 0 radical (unpaired) electrons. The minimum Gasteiger partial charge on any atom is -0.377 e. The third-order valence-corrected chi connectivity index (χ3v) is 5.38. The van der Waals surface area contributed by atoms with Gasteiger partial charge in [0.25, 0.3) is 0 Å². The van der Waals surface area contributed by atoms with Crippen LogP contribution < -0.4 is 5.32 Å². The minimum absolute atomic E-state index is 0.289. The molecule has 0 amide bonds. The molecule has 1 aromatic carbocycles. The molecule has 0 spiro atoms. The highest BCUT2D eigenvalue weighted by Gasteiger charge is 2.09. The summed E-state index contributed by atoms with van der Waals surface area (Å²) in [7, 11) is 0. The van der Waals surface area contributed by atoms with Gasteiger partial charge in [-0.05, 0) is 63.0 Å².